The third kappa shape index (κ3) is 6.69. The largest absolute Gasteiger partial charge is 0.445 e. The summed E-state index contributed by atoms with van der Waals surface area (Å²) >= 11 is 0. The van der Waals surface area contributed by atoms with Crippen LogP contribution in [0.4, 0.5) is 4.79 Å². The van der Waals surface area contributed by atoms with Gasteiger partial charge in [-0.05, 0) is 17.5 Å². The summed E-state index contributed by atoms with van der Waals surface area (Å²) in [7, 11) is 0. The molecule has 126 valence electrons. The number of benzene rings is 2. The lowest BCUT2D eigenvalue weighted by atomic mass is 10.1. The molecule has 0 saturated carbocycles. The highest BCUT2D eigenvalue weighted by molar-refractivity contribution is 5.68. The van der Waals surface area contributed by atoms with Crippen molar-refractivity contribution < 1.29 is 9.53 Å². The molecule has 0 aliphatic heterocycles. The normalized spacial score (nSPS) is 12.0. The number of nitrogens with one attached hydrogen (secondary N) is 1. The molecule has 0 heterocycles. The van der Waals surface area contributed by atoms with E-state index < -0.39 is 0 Å². The topological polar surface area (TPSA) is 38.3 Å². The lowest BCUT2D eigenvalue weighted by Gasteiger charge is -2.15. The van der Waals surface area contributed by atoms with E-state index in [1.807, 2.05) is 72.8 Å². The van der Waals surface area contributed by atoms with Crippen LogP contribution >= 0.6 is 0 Å². The van der Waals surface area contributed by atoms with E-state index in [0.29, 0.717) is 0 Å². The monoisotopic (exact) mass is 323 g/mol. The van der Waals surface area contributed by atoms with E-state index in [2.05, 4.69) is 12.2 Å². The molecule has 0 aromatic heterocycles. The van der Waals surface area contributed by atoms with E-state index in [4.69, 9.17) is 4.74 Å². The predicted octanol–water partition coefficient (Wildman–Crippen LogP) is 5.19. The van der Waals surface area contributed by atoms with E-state index in [0.717, 1.165) is 30.4 Å². The molecule has 3 heteroatoms. The summed E-state index contributed by atoms with van der Waals surface area (Å²) < 4.78 is 5.31. The second-order valence-corrected chi connectivity index (χ2v) is 5.72. The quantitative estimate of drug-likeness (QED) is 0.726. The van der Waals surface area contributed by atoms with Gasteiger partial charge in [-0.1, -0.05) is 92.6 Å². The average Bonchev–Trinajstić information content (AvgIpc) is 2.64. The van der Waals surface area contributed by atoms with Crippen molar-refractivity contribution in [2.45, 2.75) is 38.8 Å². The van der Waals surface area contributed by atoms with E-state index in [-0.39, 0.29) is 18.7 Å². The number of ether oxygens (including phenoxy) is 1. The van der Waals surface area contributed by atoms with Crippen LogP contribution in [0.2, 0.25) is 0 Å². The van der Waals surface area contributed by atoms with Crippen LogP contribution < -0.4 is 5.32 Å². The first kappa shape index (κ1) is 17.8. The SMILES string of the molecule is CCCC[C@@H](/C=C/c1ccccc1)NC(=O)OCc1ccccc1. The van der Waals surface area contributed by atoms with Crippen LogP contribution in [-0.4, -0.2) is 12.1 Å². The first-order valence-corrected chi connectivity index (χ1v) is 8.48. The van der Waals surface area contributed by atoms with Crippen molar-refractivity contribution in [1.82, 2.24) is 5.32 Å². The van der Waals surface area contributed by atoms with Crippen LogP contribution in [0.3, 0.4) is 0 Å². The molecule has 24 heavy (non-hydrogen) atoms. The Balaban J connectivity index is 1.87. The first-order chi connectivity index (χ1) is 11.8. The van der Waals surface area contributed by atoms with Gasteiger partial charge in [-0.15, -0.1) is 0 Å². The van der Waals surface area contributed by atoms with Crippen molar-refractivity contribution in [3.05, 3.63) is 77.9 Å². The molecule has 0 bridgehead atoms. The third-order valence-corrected chi connectivity index (χ3v) is 3.71. The van der Waals surface area contributed by atoms with Crippen molar-refractivity contribution in [2.24, 2.45) is 0 Å². The molecule has 0 radical (unpaired) electrons. The number of hydrogen-bond acceptors (Lipinski definition) is 2. The minimum Gasteiger partial charge on any atom is -0.445 e. The summed E-state index contributed by atoms with van der Waals surface area (Å²) in [6.45, 7) is 2.43. The highest BCUT2D eigenvalue weighted by Crippen LogP contribution is 2.08. The fourth-order valence-corrected chi connectivity index (χ4v) is 2.35. The number of rotatable bonds is 8. The standard InChI is InChI=1S/C21H25NO2/c1-2-3-14-20(16-15-18-10-6-4-7-11-18)22-21(23)24-17-19-12-8-5-9-13-19/h4-13,15-16,20H,2-3,14,17H2,1H3,(H,22,23)/b16-15+/t20-/m0/s1. The zero-order chi connectivity index (χ0) is 17.0. The van der Waals surface area contributed by atoms with Crippen LogP contribution in [0.25, 0.3) is 6.08 Å². The van der Waals surface area contributed by atoms with Gasteiger partial charge in [0.05, 0.1) is 6.04 Å². The molecular weight excluding hydrogens is 298 g/mol. The number of hydrogen-bond donors (Lipinski definition) is 1. The van der Waals surface area contributed by atoms with E-state index >= 15 is 0 Å². The molecular formula is C21H25NO2. The van der Waals surface area contributed by atoms with Gasteiger partial charge in [-0.25, -0.2) is 4.79 Å². The van der Waals surface area contributed by atoms with Gasteiger partial charge in [0.15, 0.2) is 0 Å². The van der Waals surface area contributed by atoms with Crippen molar-refractivity contribution >= 4 is 12.2 Å². The average molecular weight is 323 g/mol. The second-order valence-electron chi connectivity index (χ2n) is 5.72. The molecule has 1 N–H and O–H groups in total. The predicted molar refractivity (Wildman–Crippen MR) is 98.6 cm³/mol. The number of carbonyl (C=O) groups is 1. The van der Waals surface area contributed by atoms with Gasteiger partial charge >= 0.3 is 6.09 Å². The van der Waals surface area contributed by atoms with Gasteiger partial charge < -0.3 is 10.1 Å². The molecule has 0 saturated heterocycles. The van der Waals surface area contributed by atoms with Crippen molar-refractivity contribution in [2.75, 3.05) is 0 Å². The number of unbranched alkanes of at least 4 members (excludes halogenated alkanes) is 1. The van der Waals surface area contributed by atoms with Gasteiger partial charge in [0.1, 0.15) is 6.61 Å². The minimum absolute atomic E-state index is 0.0200. The fourth-order valence-electron chi connectivity index (χ4n) is 2.35. The van der Waals surface area contributed by atoms with Crippen molar-refractivity contribution in [1.29, 1.82) is 0 Å². The van der Waals surface area contributed by atoms with Crippen molar-refractivity contribution in [3.8, 4) is 0 Å². The minimum atomic E-state index is -0.377. The fraction of sp³-hybridized carbons (Fsp3) is 0.286. The molecule has 2 rings (SSSR count). The molecule has 0 unspecified atom stereocenters. The molecule has 2 aromatic carbocycles. The Bertz CT molecular complexity index is 623. The van der Waals surface area contributed by atoms with Gasteiger partial charge in [-0.2, -0.15) is 0 Å². The summed E-state index contributed by atoms with van der Waals surface area (Å²) in [4.78, 5) is 12.0. The summed E-state index contributed by atoms with van der Waals surface area (Å²) in [6, 6.07) is 19.8. The number of alkyl carbamates (subject to hydrolysis) is 1. The van der Waals surface area contributed by atoms with Gasteiger partial charge in [0, 0.05) is 0 Å². The molecule has 0 spiro atoms. The highest BCUT2D eigenvalue weighted by atomic mass is 16.5. The zero-order valence-corrected chi connectivity index (χ0v) is 14.2. The first-order valence-electron chi connectivity index (χ1n) is 8.48. The van der Waals surface area contributed by atoms with E-state index in [9.17, 15) is 4.79 Å². The Hall–Kier alpha value is -2.55. The van der Waals surface area contributed by atoms with Gasteiger partial charge in [0.2, 0.25) is 0 Å². The summed E-state index contributed by atoms with van der Waals surface area (Å²) in [5, 5.41) is 2.94. The summed E-state index contributed by atoms with van der Waals surface area (Å²) in [5.74, 6) is 0. The third-order valence-electron chi connectivity index (χ3n) is 3.71. The molecule has 0 aliphatic carbocycles. The van der Waals surface area contributed by atoms with Gasteiger partial charge in [-0.3, -0.25) is 0 Å². The smallest absolute Gasteiger partial charge is 0.407 e. The molecule has 1 amide bonds. The number of carbonyl (C=O) groups excluding carboxylic acids is 1. The maximum atomic E-state index is 12.0. The second kappa shape index (κ2) is 10.3. The highest BCUT2D eigenvalue weighted by Gasteiger charge is 2.10. The molecule has 1 atom stereocenters. The van der Waals surface area contributed by atoms with E-state index in [1.54, 1.807) is 0 Å². The maximum Gasteiger partial charge on any atom is 0.407 e. The summed E-state index contributed by atoms with van der Waals surface area (Å²) in [6.07, 6.45) is 6.75. The Kier molecular flexibility index (Phi) is 7.61. The van der Waals surface area contributed by atoms with Crippen LogP contribution in [0.15, 0.2) is 66.7 Å². The Morgan fingerprint density at radius 2 is 1.75 bits per heavy atom. The Labute approximate surface area is 144 Å². The van der Waals surface area contributed by atoms with Crippen LogP contribution in [-0.2, 0) is 11.3 Å². The van der Waals surface area contributed by atoms with E-state index in [1.165, 1.54) is 0 Å². The number of amides is 1. The zero-order valence-electron chi connectivity index (χ0n) is 14.2. The lowest BCUT2D eigenvalue weighted by molar-refractivity contribution is 0.137. The molecule has 3 nitrogen and oxygen atoms in total. The molecule has 0 fully saturated rings. The van der Waals surface area contributed by atoms with Crippen molar-refractivity contribution in [3.63, 3.8) is 0 Å². The van der Waals surface area contributed by atoms with Crippen LogP contribution in [0, 0.1) is 0 Å². The summed E-state index contributed by atoms with van der Waals surface area (Å²) in [5.41, 5.74) is 2.11. The molecule has 2 aromatic rings. The molecule has 0 aliphatic rings. The van der Waals surface area contributed by atoms with Gasteiger partial charge in [0.25, 0.3) is 0 Å². The Morgan fingerprint density at radius 3 is 2.42 bits per heavy atom. The maximum absolute atomic E-state index is 12.0. The Morgan fingerprint density at radius 1 is 1.08 bits per heavy atom. The van der Waals surface area contributed by atoms with Crippen LogP contribution in [0.5, 0.6) is 0 Å². The van der Waals surface area contributed by atoms with Crippen LogP contribution in [0.1, 0.15) is 37.3 Å². The lowest BCUT2D eigenvalue weighted by Crippen LogP contribution is -2.33.